The first-order chi connectivity index (χ1) is 15.4. The summed E-state index contributed by atoms with van der Waals surface area (Å²) in [7, 11) is 0. The molecule has 3 aromatic rings. The number of pyridine rings is 2. The number of rotatable bonds is 4. The van der Waals surface area contributed by atoms with Crippen LogP contribution >= 0.6 is 11.3 Å². The van der Waals surface area contributed by atoms with E-state index in [-0.39, 0.29) is 23.1 Å². The Morgan fingerprint density at radius 1 is 1.28 bits per heavy atom. The Morgan fingerprint density at radius 2 is 2.00 bits per heavy atom. The third kappa shape index (κ3) is 3.72. The number of carbonyl (C=O) groups excluding carboxylic acids is 1. The van der Waals surface area contributed by atoms with Crippen LogP contribution in [0.25, 0.3) is 17.5 Å². The molecule has 1 unspecified atom stereocenters. The number of nitrogens with two attached hydrogens (primary N) is 1. The topological polar surface area (TPSA) is 124 Å². The Balaban J connectivity index is 2.10. The van der Waals surface area contributed by atoms with Crippen LogP contribution in [0.3, 0.4) is 0 Å². The van der Waals surface area contributed by atoms with Crippen molar-refractivity contribution < 1.29 is 9.53 Å². The highest BCUT2D eigenvalue weighted by Crippen LogP contribution is 2.36. The zero-order valence-electron chi connectivity index (χ0n) is 17.4. The lowest BCUT2D eigenvalue weighted by Crippen LogP contribution is -2.40. The smallest absolute Gasteiger partial charge is 0.338 e. The minimum atomic E-state index is -0.802. The van der Waals surface area contributed by atoms with E-state index in [0.29, 0.717) is 14.8 Å². The van der Waals surface area contributed by atoms with Crippen molar-refractivity contribution in [3.8, 4) is 6.07 Å². The third-order valence-corrected chi connectivity index (χ3v) is 5.94. The van der Waals surface area contributed by atoms with Gasteiger partial charge in [0.25, 0.3) is 5.56 Å². The van der Waals surface area contributed by atoms with Gasteiger partial charge in [0.1, 0.15) is 10.5 Å². The molecule has 1 aliphatic rings. The summed E-state index contributed by atoms with van der Waals surface area (Å²) in [6.45, 7) is 3.47. The maximum atomic E-state index is 13.2. The van der Waals surface area contributed by atoms with Gasteiger partial charge in [0.05, 0.1) is 33.8 Å². The van der Waals surface area contributed by atoms with E-state index in [4.69, 9.17) is 10.5 Å². The molecule has 0 saturated heterocycles. The van der Waals surface area contributed by atoms with Crippen molar-refractivity contribution in [3.63, 3.8) is 0 Å². The summed E-state index contributed by atoms with van der Waals surface area (Å²) in [5.41, 5.74) is 7.50. The molecule has 0 saturated carbocycles. The minimum absolute atomic E-state index is 0.00969. The molecule has 2 N–H and O–H groups in total. The average Bonchev–Trinajstić information content (AvgIpc) is 3.10. The molecular weight excluding hydrogens is 426 g/mol. The van der Waals surface area contributed by atoms with Crippen LogP contribution in [0, 0.1) is 11.3 Å². The van der Waals surface area contributed by atoms with E-state index < -0.39 is 17.4 Å². The molecule has 9 heteroatoms. The van der Waals surface area contributed by atoms with Crippen molar-refractivity contribution in [1.82, 2.24) is 14.5 Å². The third-order valence-electron chi connectivity index (χ3n) is 4.83. The molecule has 0 amide bonds. The summed E-state index contributed by atoms with van der Waals surface area (Å²) in [6, 6.07) is 9.13. The first kappa shape index (κ1) is 21.2. The predicted molar refractivity (Wildman–Crippen MR) is 120 cm³/mol. The normalized spacial score (nSPS) is 16.1. The van der Waals surface area contributed by atoms with Crippen molar-refractivity contribution in [2.45, 2.75) is 25.9 Å². The number of carbonyl (C=O) groups is 1. The highest BCUT2D eigenvalue weighted by Gasteiger charge is 2.36. The van der Waals surface area contributed by atoms with Gasteiger partial charge in [0, 0.05) is 24.8 Å². The van der Waals surface area contributed by atoms with Crippen LogP contribution in [-0.4, -0.2) is 26.6 Å². The monoisotopic (exact) mass is 445 g/mol. The molecule has 8 nitrogen and oxygen atoms in total. The van der Waals surface area contributed by atoms with Gasteiger partial charge < -0.3 is 10.5 Å². The molecule has 32 heavy (non-hydrogen) atoms. The van der Waals surface area contributed by atoms with Gasteiger partial charge in [-0.25, -0.2) is 4.79 Å². The number of esters is 1. The van der Waals surface area contributed by atoms with E-state index in [1.54, 1.807) is 62.9 Å². The van der Waals surface area contributed by atoms with Crippen LogP contribution in [0.15, 0.2) is 59.4 Å². The quantitative estimate of drug-likeness (QED) is 0.596. The average molecular weight is 446 g/mol. The predicted octanol–water partition coefficient (Wildman–Crippen LogP) is 1.08. The number of nitriles is 1. The van der Waals surface area contributed by atoms with Crippen LogP contribution in [0.5, 0.6) is 0 Å². The van der Waals surface area contributed by atoms with E-state index in [9.17, 15) is 14.9 Å². The lowest BCUT2D eigenvalue weighted by Gasteiger charge is -2.25. The number of nitrogens with zero attached hydrogens (tertiary/aromatic N) is 4. The van der Waals surface area contributed by atoms with Gasteiger partial charge in [0.2, 0.25) is 0 Å². The summed E-state index contributed by atoms with van der Waals surface area (Å²) >= 11 is 1.12. The van der Waals surface area contributed by atoms with Gasteiger partial charge in [-0.05, 0) is 43.2 Å². The Bertz CT molecular complexity index is 1430. The fraction of sp³-hybridized carbons (Fsp3) is 0.174. The molecule has 1 aliphatic heterocycles. The molecular formula is C23H19N5O3S. The molecule has 4 heterocycles. The molecule has 0 spiro atoms. The maximum Gasteiger partial charge on any atom is 0.338 e. The maximum absolute atomic E-state index is 13.2. The molecule has 0 aromatic carbocycles. The van der Waals surface area contributed by atoms with Gasteiger partial charge in [-0.2, -0.15) is 5.26 Å². The van der Waals surface area contributed by atoms with Crippen LogP contribution in [0.1, 0.15) is 30.9 Å². The van der Waals surface area contributed by atoms with Crippen molar-refractivity contribution in [1.29, 1.82) is 5.26 Å². The van der Waals surface area contributed by atoms with E-state index in [2.05, 4.69) is 16.0 Å². The molecule has 3 aromatic heterocycles. The van der Waals surface area contributed by atoms with Crippen LogP contribution < -0.4 is 20.5 Å². The van der Waals surface area contributed by atoms with Crippen LogP contribution in [-0.2, 0) is 9.53 Å². The van der Waals surface area contributed by atoms with E-state index >= 15 is 0 Å². The lowest BCUT2D eigenvalue weighted by atomic mass is 9.84. The second-order valence-electron chi connectivity index (χ2n) is 7.34. The molecule has 4 rings (SSSR count). The molecule has 160 valence electrons. The molecule has 0 aliphatic carbocycles. The van der Waals surface area contributed by atoms with Gasteiger partial charge in [-0.1, -0.05) is 12.1 Å². The van der Waals surface area contributed by atoms with Crippen LogP contribution in [0.2, 0.25) is 0 Å². The zero-order valence-corrected chi connectivity index (χ0v) is 18.2. The number of aromatic nitrogens is 3. The summed E-state index contributed by atoms with van der Waals surface area (Å²) in [4.78, 5) is 34.7. The van der Waals surface area contributed by atoms with Crippen molar-refractivity contribution >= 4 is 34.8 Å². The first-order valence-electron chi connectivity index (χ1n) is 9.81. The molecule has 0 fully saturated rings. The van der Waals surface area contributed by atoms with Crippen molar-refractivity contribution in [2.75, 3.05) is 0 Å². The molecule has 1 atom stereocenters. The Kier molecular flexibility index (Phi) is 5.71. The van der Waals surface area contributed by atoms with Gasteiger partial charge in [-0.3, -0.25) is 19.3 Å². The van der Waals surface area contributed by atoms with E-state index in [0.717, 1.165) is 16.9 Å². The number of hydrogen-bond acceptors (Lipinski definition) is 8. The van der Waals surface area contributed by atoms with Crippen molar-refractivity contribution in [2.24, 2.45) is 5.73 Å². The number of hydrogen-bond donors (Lipinski definition) is 1. The standard InChI is InChI=1S/C23H19N5O3S/c1-13(2)31-23(30)19-18(15-6-4-8-27-12-15)16(10-24)20(25)28-21(29)17(32-22(19)28)9-14-5-3-7-26-11-14/h3-9,11-13,18H,25H2,1-2H3. The molecule has 0 radical (unpaired) electrons. The second kappa shape index (κ2) is 8.61. The summed E-state index contributed by atoms with van der Waals surface area (Å²) in [6.07, 6.45) is 7.71. The van der Waals surface area contributed by atoms with E-state index in [1.165, 1.54) is 4.57 Å². The summed E-state index contributed by atoms with van der Waals surface area (Å²) in [5, 5.41) is 9.93. The zero-order chi connectivity index (χ0) is 22.8. The van der Waals surface area contributed by atoms with E-state index in [1.807, 2.05) is 6.07 Å². The number of ether oxygens (including phenoxy) is 1. The van der Waals surface area contributed by atoms with Gasteiger partial charge in [-0.15, -0.1) is 11.3 Å². The Morgan fingerprint density at radius 3 is 2.59 bits per heavy atom. The van der Waals surface area contributed by atoms with Crippen molar-refractivity contribution in [3.05, 3.63) is 85.3 Å². The lowest BCUT2D eigenvalue weighted by molar-refractivity contribution is -0.140. The second-order valence-corrected chi connectivity index (χ2v) is 8.37. The first-order valence-corrected chi connectivity index (χ1v) is 10.6. The largest absolute Gasteiger partial charge is 0.460 e. The van der Waals surface area contributed by atoms with Gasteiger partial charge >= 0.3 is 5.97 Å². The Labute approximate surface area is 187 Å². The highest BCUT2D eigenvalue weighted by molar-refractivity contribution is 7.07. The number of allylic oxidation sites excluding steroid dienone is 1. The van der Waals surface area contributed by atoms with Gasteiger partial charge in [0.15, 0.2) is 0 Å². The summed E-state index contributed by atoms with van der Waals surface area (Å²) < 4.78 is 7.40. The fourth-order valence-corrected chi connectivity index (χ4v) is 4.68. The fourth-order valence-electron chi connectivity index (χ4n) is 3.51. The summed E-state index contributed by atoms with van der Waals surface area (Å²) in [5.74, 6) is -1.43. The minimum Gasteiger partial charge on any atom is -0.460 e. The highest BCUT2D eigenvalue weighted by atomic mass is 32.1. The van der Waals surface area contributed by atoms with Crippen LogP contribution in [0.4, 0.5) is 0 Å². The number of thiazole rings is 1. The Hall–Kier alpha value is -4.03. The number of fused-ring (bicyclic) bond motifs is 1. The SMILES string of the molecule is CC(C)OC(=O)C1=c2sc(=Cc3cccnc3)c(=O)n2C(N)=C(C#N)C1c1cccnc1. The molecule has 0 bridgehead atoms.